The van der Waals surface area contributed by atoms with Gasteiger partial charge in [-0.3, -0.25) is 9.59 Å². The van der Waals surface area contributed by atoms with Gasteiger partial charge in [-0.25, -0.2) is 0 Å². The molecule has 5 aliphatic rings. The molecule has 0 aromatic heterocycles. The quantitative estimate of drug-likeness (QED) is 0.846. The Morgan fingerprint density at radius 3 is 2.09 bits per heavy atom. The number of rotatable bonds is 5. The van der Waals surface area contributed by atoms with Gasteiger partial charge in [-0.2, -0.15) is 0 Å². The summed E-state index contributed by atoms with van der Waals surface area (Å²) in [5.41, 5.74) is 0. The highest BCUT2D eigenvalue weighted by molar-refractivity contribution is 5.82. The van der Waals surface area contributed by atoms with E-state index in [1.807, 2.05) is 11.9 Å². The van der Waals surface area contributed by atoms with Crippen LogP contribution in [0.1, 0.15) is 51.9 Å². The number of nitrogens with zero attached hydrogens (tertiary/aromatic N) is 1. The van der Waals surface area contributed by atoms with Crippen LogP contribution < -0.4 is 5.32 Å². The average Bonchev–Trinajstić information content (AvgIpc) is 3.22. The van der Waals surface area contributed by atoms with Gasteiger partial charge in [-0.05, 0) is 68.1 Å². The van der Waals surface area contributed by atoms with Crippen LogP contribution in [0.25, 0.3) is 0 Å². The molecule has 23 heavy (non-hydrogen) atoms. The zero-order valence-electron chi connectivity index (χ0n) is 14.5. The molecule has 0 spiro atoms. The molecule has 4 nitrogen and oxygen atoms in total. The van der Waals surface area contributed by atoms with E-state index in [4.69, 9.17) is 0 Å². The molecule has 0 aromatic carbocycles. The Balaban J connectivity index is 1.28. The lowest BCUT2D eigenvalue weighted by molar-refractivity contribution is -0.141. The second-order valence-electron chi connectivity index (χ2n) is 8.79. The monoisotopic (exact) mass is 318 g/mol. The molecule has 4 heteroatoms. The summed E-state index contributed by atoms with van der Waals surface area (Å²) in [6.07, 6.45) is 8.26. The summed E-state index contributed by atoms with van der Waals surface area (Å²) in [6, 6.07) is 0.467. The molecule has 0 radical (unpaired) electrons. The lowest BCUT2D eigenvalue weighted by Crippen LogP contribution is -2.56. The van der Waals surface area contributed by atoms with Crippen LogP contribution in [0, 0.1) is 35.5 Å². The molecule has 5 saturated carbocycles. The minimum atomic E-state index is 0.141. The molecule has 2 amide bonds. The fourth-order valence-electron chi connectivity index (χ4n) is 5.98. The Hall–Kier alpha value is -1.06. The van der Waals surface area contributed by atoms with Crippen molar-refractivity contribution >= 4 is 11.8 Å². The summed E-state index contributed by atoms with van der Waals surface area (Å²) in [5, 5.41) is 2.94. The van der Waals surface area contributed by atoms with Gasteiger partial charge >= 0.3 is 0 Å². The summed E-state index contributed by atoms with van der Waals surface area (Å²) < 4.78 is 0. The Bertz CT molecular complexity index is 476. The van der Waals surface area contributed by atoms with Crippen LogP contribution in [0.5, 0.6) is 0 Å². The van der Waals surface area contributed by atoms with E-state index in [0.29, 0.717) is 24.9 Å². The predicted octanol–water partition coefficient (Wildman–Crippen LogP) is 2.43. The van der Waals surface area contributed by atoms with Crippen molar-refractivity contribution in [3.63, 3.8) is 0 Å². The van der Waals surface area contributed by atoms with Gasteiger partial charge in [0.25, 0.3) is 0 Å². The van der Waals surface area contributed by atoms with Gasteiger partial charge in [0.15, 0.2) is 0 Å². The van der Waals surface area contributed by atoms with Crippen LogP contribution in [0.15, 0.2) is 0 Å². The normalized spacial score (nSPS) is 43.3. The third-order valence-corrected chi connectivity index (χ3v) is 7.10. The second-order valence-corrected chi connectivity index (χ2v) is 8.79. The fraction of sp³-hybridized carbons (Fsp3) is 0.895. The van der Waals surface area contributed by atoms with Crippen molar-refractivity contribution in [1.29, 1.82) is 0 Å². The standard InChI is InChI=1S/C19H30N2O2/c1-11-5-16(11)19(23)20-4-3-17(22)21(2)18-14-7-12-6-13(9-14)10-15(18)8-12/h11-16,18H,3-10H2,1-2H3,(H,20,23)/t11-,12?,13?,14?,15?,16+,18?/m0/s1. The fourth-order valence-corrected chi connectivity index (χ4v) is 5.98. The van der Waals surface area contributed by atoms with E-state index in [2.05, 4.69) is 12.2 Å². The maximum absolute atomic E-state index is 12.6. The van der Waals surface area contributed by atoms with Gasteiger partial charge in [0.1, 0.15) is 0 Å². The first-order valence-electron chi connectivity index (χ1n) is 9.56. The molecule has 128 valence electrons. The molecule has 0 saturated heterocycles. The van der Waals surface area contributed by atoms with Crippen molar-refractivity contribution in [2.45, 2.75) is 57.9 Å². The molecular formula is C19H30N2O2. The molecule has 0 unspecified atom stereocenters. The van der Waals surface area contributed by atoms with E-state index in [0.717, 1.165) is 30.1 Å². The van der Waals surface area contributed by atoms with Gasteiger partial charge in [-0.1, -0.05) is 6.92 Å². The summed E-state index contributed by atoms with van der Waals surface area (Å²) >= 11 is 0. The first-order valence-corrected chi connectivity index (χ1v) is 9.56. The van der Waals surface area contributed by atoms with Crippen LogP contribution in [0.3, 0.4) is 0 Å². The largest absolute Gasteiger partial charge is 0.355 e. The Morgan fingerprint density at radius 2 is 1.57 bits per heavy atom. The van der Waals surface area contributed by atoms with Crippen molar-refractivity contribution in [2.75, 3.05) is 13.6 Å². The SMILES string of the molecule is C[C@H]1C[C@H]1C(=O)NCCC(=O)N(C)C1C2CC3CC(C2)CC1C3. The van der Waals surface area contributed by atoms with Crippen LogP contribution in [0.4, 0.5) is 0 Å². The first kappa shape index (κ1) is 15.5. The molecule has 5 fully saturated rings. The maximum Gasteiger partial charge on any atom is 0.224 e. The highest BCUT2D eigenvalue weighted by atomic mass is 16.2. The summed E-state index contributed by atoms with van der Waals surface area (Å²) in [6.45, 7) is 2.61. The van der Waals surface area contributed by atoms with Crippen LogP contribution in [-0.4, -0.2) is 36.3 Å². The van der Waals surface area contributed by atoms with Crippen molar-refractivity contribution < 1.29 is 9.59 Å². The van der Waals surface area contributed by atoms with Crippen LogP contribution >= 0.6 is 0 Å². The van der Waals surface area contributed by atoms with E-state index in [-0.39, 0.29) is 17.7 Å². The minimum Gasteiger partial charge on any atom is -0.355 e. The van der Waals surface area contributed by atoms with Crippen molar-refractivity contribution in [1.82, 2.24) is 10.2 Å². The molecule has 0 heterocycles. The highest BCUT2D eigenvalue weighted by Gasteiger charge is 2.50. The molecule has 0 aromatic rings. The Kier molecular flexibility index (Phi) is 3.89. The van der Waals surface area contributed by atoms with Crippen molar-refractivity contribution in [3.05, 3.63) is 0 Å². The van der Waals surface area contributed by atoms with Gasteiger partial charge in [0, 0.05) is 32.0 Å². The number of carbonyl (C=O) groups is 2. The predicted molar refractivity (Wildman–Crippen MR) is 88.5 cm³/mol. The van der Waals surface area contributed by atoms with Crippen molar-refractivity contribution in [2.24, 2.45) is 35.5 Å². The van der Waals surface area contributed by atoms with Gasteiger partial charge in [0.05, 0.1) is 0 Å². The molecule has 1 N–H and O–H groups in total. The number of carbonyl (C=O) groups excluding carboxylic acids is 2. The third kappa shape index (κ3) is 2.89. The van der Waals surface area contributed by atoms with Gasteiger partial charge < -0.3 is 10.2 Å². The first-order chi connectivity index (χ1) is 11.0. The zero-order valence-corrected chi connectivity index (χ0v) is 14.5. The molecule has 5 rings (SSSR count). The lowest BCUT2D eigenvalue weighted by atomic mass is 9.54. The third-order valence-electron chi connectivity index (χ3n) is 7.10. The van der Waals surface area contributed by atoms with Crippen molar-refractivity contribution in [3.8, 4) is 0 Å². The number of amides is 2. The number of hydrogen-bond acceptors (Lipinski definition) is 2. The molecule has 0 aliphatic heterocycles. The number of hydrogen-bond donors (Lipinski definition) is 1. The highest BCUT2D eigenvalue weighted by Crippen LogP contribution is 2.55. The summed E-state index contributed by atoms with van der Waals surface area (Å²) in [7, 11) is 2.00. The summed E-state index contributed by atoms with van der Waals surface area (Å²) in [5.74, 6) is 4.45. The second kappa shape index (κ2) is 5.78. The summed E-state index contributed by atoms with van der Waals surface area (Å²) in [4.78, 5) is 26.4. The molecule has 2 atom stereocenters. The maximum atomic E-state index is 12.6. The molecular weight excluding hydrogens is 288 g/mol. The number of nitrogens with one attached hydrogen (secondary N) is 1. The smallest absolute Gasteiger partial charge is 0.224 e. The lowest BCUT2D eigenvalue weighted by Gasteiger charge is -2.56. The topological polar surface area (TPSA) is 49.4 Å². The van der Waals surface area contributed by atoms with E-state index in [1.54, 1.807) is 0 Å². The van der Waals surface area contributed by atoms with E-state index < -0.39 is 0 Å². The minimum absolute atomic E-state index is 0.141. The van der Waals surface area contributed by atoms with E-state index in [1.165, 1.54) is 32.1 Å². The Morgan fingerprint density at radius 1 is 1.00 bits per heavy atom. The van der Waals surface area contributed by atoms with Gasteiger partial charge in [0.2, 0.25) is 11.8 Å². The Labute approximate surface area is 139 Å². The average molecular weight is 318 g/mol. The zero-order chi connectivity index (χ0) is 16.1. The molecule has 5 aliphatic carbocycles. The van der Waals surface area contributed by atoms with E-state index >= 15 is 0 Å². The van der Waals surface area contributed by atoms with Gasteiger partial charge in [-0.15, -0.1) is 0 Å². The van der Waals surface area contributed by atoms with Crippen LogP contribution in [-0.2, 0) is 9.59 Å². The molecule has 4 bridgehead atoms. The van der Waals surface area contributed by atoms with E-state index in [9.17, 15) is 9.59 Å². The van der Waals surface area contributed by atoms with Crippen LogP contribution in [0.2, 0.25) is 0 Å².